The van der Waals surface area contributed by atoms with E-state index in [1.54, 1.807) is 13.8 Å². The zero-order valence-corrected chi connectivity index (χ0v) is 27.6. The molecule has 2 aromatic carbocycles. The van der Waals surface area contributed by atoms with Crippen LogP contribution in [0, 0.1) is 0 Å². The quantitative estimate of drug-likeness (QED) is 0.0989. The predicted octanol–water partition coefficient (Wildman–Crippen LogP) is 1.14. The Hall–Kier alpha value is -3.76. The molecule has 7 N–H and O–H groups in total. The Bertz CT molecular complexity index is 1640. The zero-order valence-electron chi connectivity index (χ0n) is 27.6. The van der Waals surface area contributed by atoms with Crippen LogP contribution in [0.25, 0.3) is 0 Å². The van der Waals surface area contributed by atoms with Crippen LogP contribution in [0.15, 0.2) is 18.2 Å². The van der Waals surface area contributed by atoms with Crippen molar-refractivity contribution >= 4 is 23.1 Å². The number of ketones is 4. The van der Waals surface area contributed by atoms with Crippen LogP contribution in [0.1, 0.15) is 101 Å². The summed E-state index contributed by atoms with van der Waals surface area (Å²) in [5.74, 6) is -3.91. The number of nitrogens with one attached hydrogen (secondary N) is 1. The molecule has 3 aliphatic rings. The molecule has 2 aliphatic carbocycles. The van der Waals surface area contributed by atoms with E-state index >= 15 is 0 Å². The second-order valence-electron chi connectivity index (χ2n) is 12.9. The number of carbonyl (C=O) groups excluding carboxylic acids is 4. The van der Waals surface area contributed by atoms with Crippen molar-refractivity contribution < 1.29 is 64.0 Å². The maximum absolute atomic E-state index is 13.9. The molecule has 0 aromatic heterocycles. The topological polar surface area (TPSA) is 229 Å². The van der Waals surface area contributed by atoms with Crippen LogP contribution in [-0.2, 0) is 25.5 Å². The standard InChI is InChI=1S/C35H43NO13/c1-4-17(38)11-18(39)7-6-10-36-21-12-25(48-16(2)30(21)41)49-23-14-35(46,24(40)15-37)13-20-27(23)34(45)29-28(32(20)43)31(42)19-8-5-9-22(47-3)26(19)33(29)44/h5,8-9,16,18,21,23,25,30,36-37,39,41,43,45-46H,4,6-7,10-15H2,1-3H3/t16-,18-,21-,23-,25-,30+,35-/m0/s1. The summed E-state index contributed by atoms with van der Waals surface area (Å²) < 4.78 is 17.5. The molecule has 0 radical (unpaired) electrons. The number of phenols is 2. The van der Waals surface area contributed by atoms with Crippen molar-refractivity contribution in [3.05, 3.63) is 51.6 Å². The third-order valence-electron chi connectivity index (χ3n) is 9.74. The van der Waals surface area contributed by atoms with Gasteiger partial charge in [0.25, 0.3) is 0 Å². The molecule has 7 atom stereocenters. The molecule has 5 rings (SSSR count). The highest BCUT2D eigenvalue weighted by atomic mass is 16.7. The second kappa shape index (κ2) is 14.6. The van der Waals surface area contributed by atoms with Gasteiger partial charge in [0.15, 0.2) is 17.9 Å². The van der Waals surface area contributed by atoms with Crippen LogP contribution in [0.2, 0.25) is 0 Å². The Morgan fingerprint density at radius 2 is 1.84 bits per heavy atom. The van der Waals surface area contributed by atoms with Crippen molar-refractivity contribution in [1.82, 2.24) is 5.32 Å². The molecule has 0 saturated carbocycles. The number of benzene rings is 2. The number of ether oxygens (including phenoxy) is 3. The van der Waals surface area contributed by atoms with E-state index < -0.39 is 102 Å². The number of aromatic hydroxyl groups is 2. The first kappa shape index (κ1) is 36.5. The maximum Gasteiger partial charge on any atom is 0.202 e. The minimum atomic E-state index is -2.29. The Kier molecular flexibility index (Phi) is 10.9. The van der Waals surface area contributed by atoms with Gasteiger partial charge in [-0.25, -0.2) is 0 Å². The summed E-state index contributed by atoms with van der Waals surface area (Å²) in [4.78, 5) is 52.0. The molecule has 14 nitrogen and oxygen atoms in total. The van der Waals surface area contributed by atoms with E-state index in [1.165, 1.54) is 25.3 Å². The summed E-state index contributed by atoms with van der Waals surface area (Å²) in [6, 6.07) is 3.78. The van der Waals surface area contributed by atoms with Crippen molar-refractivity contribution in [1.29, 1.82) is 0 Å². The Labute approximate surface area is 282 Å². The van der Waals surface area contributed by atoms with E-state index in [2.05, 4.69) is 5.32 Å². The fraction of sp³-hybridized carbons (Fsp3) is 0.543. The summed E-state index contributed by atoms with van der Waals surface area (Å²) in [6.45, 7) is 2.69. The van der Waals surface area contributed by atoms with Gasteiger partial charge in [-0.15, -0.1) is 0 Å². The number of phenolic OH excluding ortho intramolecular Hbond substituents is 2. The number of carbonyl (C=O) groups is 4. The lowest BCUT2D eigenvalue weighted by Gasteiger charge is -2.43. The third kappa shape index (κ3) is 6.86. The lowest BCUT2D eigenvalue weighted by atomic mass is 9.72. The van der Waals surface area contributed by atoms with Crippen LogP contribution in [0.3, 0.4) is 0 Å². The molecule has 0 bridgehead atoms. The van der Waals surface area contributed by atoms with Gasteiger partial charge in [-0.3, -0.25) is 19.2 Å². The van der Waals surface area contributed by atoms with Gasteiger partial charge in [0.05, 0.1) is 48.2 Å². The fourth-order valence-electron chi connectivity index (χ4n) is 7.05. The molecule has 0 amide bonds. The average Bonchev–Trinajstić information content (AvgIpc) is 3.07. The number of hydrogen-bond donors (Lipinski definition) is 7. The predicted molar refractivity (Wildman–Crippen MR) is 171 cm³/mol. The van der Waals surface area contributed by atoms with Gasteiger partial charge in [-0.1, -0.05) is 19.1 Å². The zero-order chi connectivity index (χ0) is 35.8. The number of aliphatic hydroxyl groups excluding tert-OH is 3. The minimum absolute atomic E-state index is 0.0358. The van der Waals surface area contributed by atoms with Crippen LogP contribution in [0.5, 0.6) is 17.2 Å². The molecule has 14 heteroatoms. The normalized spacial score (nSPS) is 26.8. The number of hydrogen-bond acceptors (Lipinski definition) is 14. The van der Waals surface area contributed by atoms with Gasteiger partial charge < -0.3 is 50.2 Å². The van der Waals surface area contributed by atoms with Crippen molar-refractivity contribution in [3.8, 4) is 17.2 Å². The maximum atomic E-state index is 13.9. The molecular weight excluding hydrogens is 642 g/mol. The number of fused-ring (bicyclic) bond motifs is 3. The van der Waals surface area contributed by atoms with E-state index in [-0.39, 0.29) is 46.6 Å². The van der Waals surface area contributed by atoms with Gasteiger partial charge in [-0.05, 0) is 32.4 Å². The lowest BCUT2D eigenvalue weighted by molar-refractivity contribution is -0.249. The average molecular weight is 686 g/mol. The van der Waals surface area contributed by atoms with Gasteiger partial charge in [0.2, 0.25) is 5.78 Å². The van der Waals surface area contributed by atoms with Crippen molar-refractivity contribution in [2.75, 3.05) is 20.3 Å². The number of methoxy groups -OCH3 is 1. The highest BCUT2D eigenvalue weighted by molar-refractivity contribution is 6.31. The van der Waals surface area contributed by atoms with Crippen molar-refractivity contribution in [3.63, 3.8) is 0 Å². The van der Waals surface area contributed by atoms with E-state index in [9.17, 15) is 49.8 Å². The van der Waals surface area contributed by atoms with Crippen LogP contribution in [-0.4, -0.2) is 110 Å². The highest BCUT2D eigenvalue weighted by Gasteiger charge is 2.50. The SMILES string of the molecule is CCC(=O)C[C@@H](O)CCCN[C@H]1C[C@H](O[C@H]2C[C@](O)(C(=O)CO)Cc3c(O)c4c(c(O)c32)C(=O)c2c(OC)cccc2C4=O)O[C@@H](C)[C@H]1O. The first-order valence-electron chi connectivity index (χ1n) is 16.4. The number of rotatable bonds is 13. The molecule has 49 heavy (non-hydrogen) atoms. The van der Waals surface area contributed by atoms with Gasteiger partial charge in [0, 0.05) is 54.8 Å². The second-order valence-corrected chi connectivity index (χ2v) is 12.9. The molecule has 0 unspecified atom stereocenters. The molecule has 0 spiro atoms. The van der Waals surface area contributed by atoms with Gasteiger partial charge in [0.1, 0.15) is 35.2 Å². The summed E-state index contributed by atoms with van der Waals surface area (Å²) in [5, 5.41) is 68.6. The number of aliphatic hydroxyl groups is 4. The molecule has 1 aliphatic heterocycles. The van der Waals surface area contributed by atoms with Gasteiger partial charge in [-0.2, -0.15) is 0 Å². The Balaban J connectivity index is 1.46. The van der Waals surface area contributed by atoms with Gasteiger partial charge >= 0.3 is 0 Å². The summed E-state index contributed by atoms with van der Waals surface area (Å²) >= 11 is 0. The first-order valence-corrected chi connectivity index (χ1v) is 16.4. The fourth-order valence-corrected chi connectivity index (χ4v) is 7.05. The Morgan fingerprint density at radius 3 is 2.51 bits per heavy atom. The molecule has 2 aromatic rings. The molecule has 1 heterocycles. The lowest BCUT2D eigenvalue weighted by Crippen LogP contribution is -2.54. The monoisotopic (exact) mass is 685 g/mol. The van der Waals surface area contributed by atoms with Crippen LogP contribution >= 0.6 is 0 Å². The molecule has 1 saturated heterocycles. The first-order chi connectivity index (χ1) is 23.3. The van der Waals surface area contributed by atoms with E-state index in [1.807, 2.05) is 0 Å². The van der Waals surface area contributed by atoms with E-state index in [0.29, 0.717) is 25.8 Å². The van der Waals surface area contributed by atoms with E-state index in [4.69, 9.17) is 14.2 Å². The molecular formula is C35H43NO13. The largest absolute Gasteiger partial charge is 0.507 e. The smallest absolute Gasteiger partial charge is 0.202 e. The van der Waals surface area contributed by atoms with Crippen molar-refractivity contribution in [2.45, 2.75) is 101 Å². The third-order valence-corrected chi connectivity index (χ3v) is 9.74. The molecule has 1 fully saturated rings. The highest BCUT2D eigenvalue weighted by Crippen LogP contribution is 2.52. The summed E-state index contributed by atoms with van der Waals surface area (Å²) in [7, 11) is 1.32. The van der Waals surface area contributed by atoms with Crippen LogP contribution < -0.4 is 10.1 Å². The van der Waals surface area contributed by atoms with Crippen molar-refractivity contribution in [2.24, 2.45) is 0 Å². The summed E-state index contributed by atoms with van der Waals surface area (Å²) in [5.41, 5.74) is -3.78. The number of Topliss-reactive ketones (excluding diaryl/α,β-unsaturated/α-hetero) is 2. The van der Waals surface area contributed by atoms with E-state index in [0.717, 1.165) is 0 Å². The summed E-state index contributed by atoms with van der Waals surface area (Å²) in [6.07, 6.45) is -4.74. The van der Waals surface area contributed by atoms with Crippen LogP contribution in [0.4, 0.5) is 0 Å². The molecule has 266 valence electrons. The minimum Gasteiger partial charge on any atom is -0.507 e. The Morgan fingerprint density at radius 1 is 1.12 bits per heavy atom.